The Balaban J connectivity index is 0.00000256. The first kappa shape index (κ1) is 15.6. The summed E-state index contributed by atoms with van der Waals surface area (Å²) < 4.78 is 15.6. The Bertz CT molecular complexity index is 394. The van der Waals surface area contributed by atoms with Crippen LogP contribution in [0.15, 0.2) is 12.1 Å². The van der Waals surface area contributed by atoms with E-state index in [1.807, 2.05) is 13.8 Å². The molecule has 17 heavy (non-hydrogen) atoms. The lowest BCUT2D eigenvalue weighted by Gasteiger charge is -2.13. The van der Waals surface area contributed by atoms with Gasteiger partial charge in [-0.25, -0.2) is 0 Å². The zero-order chi connectivity index (χ0) is 12.1. The Labute approximate surface area is 108 Å². The van der Waals surface area contributed by atoms with Gasteiger partial charge in [0.25, 0.3) is 0 Å². The highest BCUT2D eigenvalue weighted by atomic mass is 35.5. The maximum Gasteiger partial charge on any atom is 0.213 e. The second kappa shape index (κ2) is 7.01. The van der Waals surface area contributed by atoms with Gasteiger partial charge in [-0.1, -0.05) is 0 Å². The van der Waals surface area contributed by atoms with Gasteiger partial charge in [-0.15, -0.1) is 12.4 Å². The normalized spacial score (nSPS) is 9.18. The number of hydrogen-bond donors (Lipinski definition) is 1. The van der Waals surface area contributed by atoms with Gasteiger partial charge in [-0.2, -0.15) is 0 Å². The molecule has 0 radical (unpaired) electrons. The molecule has 0 fully saturated rings. The molecule has 0 bridgehead atoms. The summed E-state index contributed by atoms with van der Waals surface area (Å²) in [5.41, 5.74) is 1.57. The number of hydrogen-bond acceptors (Lipinski definition) is 4. The van der Waals surface area contributed by atoms with Crippen molar-refractivity contribution in [3.63, 3.8) is 0 Å². The molecule has 0 unspecified atom stereocenters. The lowest BCUT2D eigenvalue weighted by atomic mass is 10.1. The molecule has 0 saturated heterocycles. The maximum absolute atomic E-state index is 7.78. The number of benzene rings is 1. The summed E-state index contributed by atoms with van der Waals surface area (Å²) in [6, 6.07) is 3.56. The van der Waals surface area contributed by atoms with Crippen molar-refractivity contribution in [3.05, 3.63) is 23.3 Å². The molecule has 5 heteroatoms. The first-order valence-corrected chi connectivity index (χ1v) is 5.08. The van der Waals surface area contributed by atoms with Gasteiger partial charge < -0.3 is 14.2 Å². The molecule has 4 nitrogen and oxygen atoms in total. The predicted octanol–water partition coefficient (Wildman–Crippen LogP) is 2.80. The molecule has 0 aliphatic carbocycles. The van der Waals surface area contributed by atoms with Gasteiger partial charge in [0.1, 0.15) is 11.5 Å². The van der Waals surface area contributed by atoms with Gasteiger partial charge in [0, 0.05) is 17.2 Å². The first-order valence-electron chi connectivity index (χ1n) is 5.08. The smallest absolute Gasteiger partial charge is 0.213 e. The van der Waals surface area contributed by atoms with Gasteiger partial charge in [-0.3, -0.25) is 5.41 Å². The SMILES string of the molecule is CCOC(=N)c1cc(OC)cc(OC)c1C.Cl. The quantitative estimate of drug-likeness (QED) is 0.668. The highest BCUT2D eigenvalue weighted by molar-refractivity contribution is 5.94. The Morgan fingerprint density at radius 2 is 1.88 bits per heavy atom. The van der Waals surface area contributed by atoms with Crippen LogP contribution in [0.4, 0.5) is 0 Å². The average molecular weight is 260 g/mol. The number of halogens is 1. The van der Waals surface area contributed by atoms with E-state index in [4.69, 9.17) is 19.6 Å². The van der Waals surface area contributed by atoms with E-state index in [-0.39, 0.29) is 18.3 Å². The lowest BCUT2D eigenvalue weighted by Crippen LogP contribution is -2.08. The predicted molar refractivity (Wildman–Crippen MR) is 70.0 cm³/mol. The number of rotatable bonds is 4. The molecule has 0 aromatic heterocycles. The molecule has 1 aromatic carbocycles. The van der Waals surface area contributed by atoms with Gasteiger partial charge >= 0.3 is 0 Å². The van der Waals surface area contributed by atoms with Gasteiger partial charge in [-0.05, 0) is 19.9 Å². The molecule has 0 heterocycles. The maximum atomic E-state index is 7.78. The van der Waals surface area contributed by atoms with Crippen molar-refractivity contribution in [2.24, 2.45) is 0 Å². The lowest BCUT2D eigenvalue weighted by molar-refractivity contribution is 0.324. The van der Waals surface area contributed by atoms with Crippen LogP contribution in [0, 0.1) is 12.3 Å². The van der Waals surface area contributed by atoms with E-state index < -0.39 is 0 Å². The Hall–Kier alpha value is -1.42. The third-order valence-corrected chi connectivity index (χ3v) is 2.32. The van der Waals surface area contributed by atoms with Crippen LogP contribution in [-0.4, -0.2) is 26.7 Å². The Morgan fingerprint density at radius 1 is 1.24 bits per heavy atom. The van der Waals surface area contributed by atoms with Gasteiger partial charge in [0.05, 0.1) is 20.8 Å². The molecular weight excluding hydrogens is 242 g/mol. The summed E-state index contributed by atoms with van der Waals surface area (Å²) in [7, 11) is 3.17. The van der Waals surface area contributed by atoms with Crippen molar-refractivity contribution in [1.82, 2.24) is 0 Å². The monoisotopic (exact) mass is 259 g/mol. The summed E-state index contributed by atoms with van der Waals surface area (Å²) in [4.78, 5) is 0. The second-order valence-corrected chi connectivity index (χ2v) is 3.26. The highest BCUT2D eigenvalue weighted by Gasteiger charge is 2.12. The van der Waals surface area contributed by atoms with E-state index in [0.717, 1.165) is 5.56 Å². The van der Waals surface area contributed by atoms with Crippen LogP contribution in [0.2, 0.25) is 0 Å². The summed E-state index contributed by atoms with van der Waals surface area (Å²) in [6.45, 7) is 4.21. The number of methoxy groups -OCH3 is 2. The van der Waals surface area contributed by atoms with Crippen molar-refractivity contribution in [3.8, 4) is 11.5 Å². The highest BCUT2D eigenvalue weighted by Crippen LogP contribution is 2.28. The standard InChI is InChI=1S/C12H17NO3.ClH/c1-5-16-12(13)10-6-9(14-3)7-11(15-4)8(10)2;/h6-7,13H,5H2,1-4H3;1H. The van der Waals surface area contributed by atoms with Crippen molar-refractivity contribution in [1.29, 1.82) is 5.41 Å². The zero-order valence-corrected chi connectivity index (χ0v) is 11.3. The van der Waals surface area contributed by atoms with E-state index >= 15 is 0 Å². The third-order valence-electron chi connectivity index (χ3n) is 2.32. The van der Waals surface area contributed by atoms with Crippen LogP contribution in [0.25, 0.3) is 0 Å². The average Bonchev–Trinajstić information content (AvgIpc) is 2.29. The van der Waals surface area contributed by atoms with E-state index in [9.17, 15) is 0 Å². The summed E-state index contributed by atoms with van der Waals surface area (Å²) in [5, 5.41) is 7.78. The van der Waals surface area contributed by atoms with Gasteiger partial charge in [0.2, 0.25) is 5.90 Å². The van der Waals surface area contributed by atoms with Crippen molar-refractivity contribution in [2.45, 2.75) is 13.8 Å². The molecule has 0 saturated carbocycles. The van der Waals surface area contributed by atoms with Crippen LogP contribution in [0.1, 0.15) is 18.1 Å². The number of nitrogens with one attached hydrogen (secondary N) is 1. The second-order valence-electron chi connectivity index (χ2n) is 3.26. The molecule has 0 amide bonds. The van der Waals surface area contributed by atoms with Crippen molar-refractivity contribution in [2.75, 3.05) is 20.8 Å². The molecule has 0 atom stereocenters. The van der Waals surface area contributed by atoms with Crippen LogP contribution >= 0.6 is 12.4 Å². The van der Waals surface area contributed by atoms with E-state index in [1.54, 1.807) is 26.4 Å². The minimum Gasteiger partial charge on any atom is -0.497 e. The molecule has 0 spiro atoms. The molecule has 1 aromatic rings. The fourth-order valence-corrected chi connectivity index (χ4v) is 1.45. The minimum absolute atomic E-state index is 0. The van der Waals surface area contributed by atoms with E-state index in [1.165, 1.54) is 0 Å². The molecular formula is C12H18ClNO3. The van der Waals surface area contributed by atoms with Crippen LogP contribution < -0.4 is 9.47 Å². The topological polar surface area (TPSA) is 51.5 Å². The van der Waals surface area contributed by atoms with Crippen LogP contribution in [0.3, 0.4) is 0 Å². The van der Waals surface area contributed by atoms with Crippen molar-refractivity contribution >= 4 is 18.3 Å². The number of ether oxygens (including phenoxy) is 3. The third kappa shape index (κ3) is 3.53. The van der Waals surface area contributed by atoms with E-state index in [0.29, 0.717) is 23.7 Å². The van der Waals surface area contributed by atoms with Crippen molar-refractivity contribution < 1.29 is 14.2 Å². The zero-order valence-electron chi connectivity index (χ0n) is 10.5. The minimum atomic E-state index is 0. The van der Waals surface area contributed by atoms with Gasteiger partial charge in [0.15, 0.2) is 0 Å². The largest absolute Gasteiger partial charge is 0.497 e. The van der Waals surface area contributed by atoms with E-state index in [2.05, 4.69) is 0 Å². The summed E-state index contributed by atoms with van der Waals surface area (Å²) in [6.07, 6.45) is 0. The molecule has 0 aliphatic rings. The fraction of sp³-hybridized carbons (Fsp3) is 0.417. The molecule has 0 aliphatic heterocycles. The molecule has 1 N–H and O–H groups in total. The Morgan fingerprint density at radius 3 is 2.35 bits per heavy atom. The fourth-order valence-electron chi connectivity index (χ4n) is 1.45. The summed E-state index contributed by atoms with van der Waals surface area (Å²) >= 11 is 0. The summed E-state index contributed by atoms with van der Waals surface area (Å²) in [5.74, 6) is 1.48. The van der Waals surface area contributed by atoms with Crippen LogP contribution in [0.5, 0.6) is 11.5 Å². The molecule has 1 rings (SSSR count). The van der Waals surface area contributed by atoms with Crippen LogP contribution in [-0.2, 0) is 4.74 Å². The molecule has 96 valence electrons. The Kier molecular flexibility index (Phi) is 6.43. The first-order chi connectivity index (χ1) is 7.63.